The summed E-state index contributed by atoms with van der Waals surface area (Å²) < 4.78 is 5.53. The minimum absolute atomic E-state index is 0.807. The lowest BCUT2D eigenvalue weighted by atomic mass is 10.2. The Hall–Kier alpha value is -2.99. The van der Waals surface area contributed by atoms with E-state index < -0.39 is 0 Å². The van der Waals surface area contributed by atoms with E-state index in [2.05, 4.69) is 62.7 Å². The number of hydrogen-bond acceptors (Lipinski definition) is 6. The predicted octanol–water partition coefficient (Wildman–Crippen LogP) is 2.94. The molecule has 30 heavy (non-hydrogen) atoms. The van der Waals surface area contributed by atoms with Crippen molar-refractivity contribution in [2.45, 2.75) is 0 Å². The summed E-state index contributed by atoms with van der Waals surface area (Å²) in [7, 11) is 1.74. The van der Waals surface area contributed by atoms with E-state index in [0.29, 0.717) is 0 Å². The van der Waals surface area contributed by atoms with Crippen molar-refractivity contribution in [2.24, 2.45) is 5.10 Å². The van der Waals surface area contributed by atoms with E-state index in [1.54, 1.807) is 7.11 Å². The van der Waals surface area contributed by atoms with E-state index in [-0.39, 0.29) is 0 Å². The van der Waals surface area contributed by atoms with Gasteiger partial charge < -0.3 is 14.5 Å². The first kappa shape index (κ1) is 20.3. The molecule has 2 aliphatic heterocycles. The molecule has 2 aromatic rings. The van der Waals surface area contributed by atoms with E-state index in [1.165, 1.54) is 5.69 Å². The topological polar surface area (TPSA) is 34.5 Å². The lowest BCUT2D eigenvalue weighted by Crippen LogP contribution is -2.48. The van der Waals surface area contributed by atoms with Crippen LogP contribution >= 0.6 is 0 Å². The molecule has 4 rings (SSSR count). The zero-order chi connectivity index (χ0) is 20.8. The molecule has 6 nitrogen and oxygen atoms in total. The number of piperazine rings is 1. The Morgan fingerprint density at radius 3 is 2.43 bits per heavy atom. The van der Waals surface area contributed by atoms with Gasteiger partial charge in [-0.2, -0.15) is 5.10 Å². The predicted molar refractivity (Wildman–Crippen MR) is 123 cm³/mol. The van der Waals surface area contributed by atoms with Gasteiger partial charge in [-0.15, -0.1) is 6.58 Å². The standard InChI is InChI=1S/C24H31N5O/c1-3-13-28-20-29(25-24(28)21-9-5-4-6-10-21)19-16-26-14-17-27(18-15-26)22-11-7-8-12-23(22)30-2/h3-12H,1,13-20H2,2H3. The maximum Gasteiger partial charge on any atom is 0.157 e. The monoisotopic (exact) mass is 405 g/mol. The summed E-state index contributed by atoms with van der Waals surface area (Å²) in [5.74, 6) is 1.99. The summed E-state index contributed by atoms with van der Waals surface area (Å²) >= 11 is 0. The molecule has 0 bridgehead atoms. The molecule has 2 aromatic carbocycles. The highest BCUT2D eigenvalue weighted by Gasteiger charge is 2.24. The average Bonchev–Trinajstić information content (AvgIpc) is 3.21. The number of amidine groups is 1. The minimum atomic E-state index is 0.807. The SMILES string of the molecule is C=CCN1CN(CCN2CCN(c3ccccc3OC)CC2)N=C1c1ccccc1. The number of ether oxygens (including phenoxy) is 1. The van der Waals surface area contributed by atoms with E-state index in [1.807, 2.05) is 24.3 Å². The Kier molecular flexibility index (Phi) is 6.54. The van der Waals surface area contributed by atoms with Crippen molar-refractivity contribution in [2.75, 3.05) is 64.5 Å². The molecule has 0 unspecified atom stereocenters. The van der Waals surface area contributed by atoms with Crippen LogP contribution < -0.4 is 9.64 Å². The smallest absolute Gasteiger partial charge is 0.157 e. The molecule has 0 amide bonds. The maximum atomic E-state index is 5.53. The molecule has 2 heterocycles. The van der Waals surface area contributed by atoms with E-state index in [9.17, 15) is 0 Å². The fourth-order valence-electron chi connectivity index (χ4n) is 4.10. The van der Waals surface area contributed by atoms with Crippen LogP contribution in [0.5, 0.6) is 5.75 Å². The molecular weight excluding hydrogens is 374 g/mol. The van der Waals surface area contributed by atoms with Crippen molar-refractivity contribution in [1.82, 2.24) is 14.8 Å². The van der Waals surface area contributed by atoms with Gasteiger partial charge in [0.1, 0.15) is 12.4 Å². The second-order valence-corrected chi connectivity index (χ2v) is 7.67. The number of nitrogens with zero attached hydrogens (tertiary/aromatic N) is 5. The Bertz CT molecular complexity index is 861. The quantitative estimate of drug-likeness (QED) is 0.631. The van der Waals surface area contributed by atoms with Crippen molar-refractivity contribution in [3.8, 4) is 5.75 Å². The zero-order valence-corrected chi connectivity index (χ0v) is 17.8. The molecule has 0 saturated carbocycles. The van der Waals surface area contributed by atoms with Gasteiger partial charge in [0, 0.05) is 44.8 Å². The van der Waals surface area contributed by atoms with Gasteiger partial charge in [0.05, 0.1) is 19.3 Å². The fraction of sp³-hybridized carbons (Fsp3) is 0.375. The number of para-hydroxylation sites is 2. The molecular formula is C24H31N5O. The van der Waals surface area contributed by atoms with Crippen molar-refractivity contribution in [1.29, 1.82) is 0 Å². The molecule has 1 fully saturated rings. The number of anilines is 1. The first-order valence-corrected chi connectivity index (χ1v) is 10.6. The van der Waals surface area contributed by atoms with Crippen LogP contribution in [-0.2, 0) is 0 Å². The molecule has 0 N–H and O–H groups in total. The normalized spacial score (nSPS) is 17.2. The van der Waals surface area contributed by atoms with Gasteiger partial charge >= 0.3 is 0 Å². The summed E-state index contributed by atoms with van der Waals surface area (Å²) in [6.45, 7) is 11.6. The third kappa shape index (κ3) is 4.60. The Balaban J connectivity index is 1.31. The molecule has 0 aromatic heterocycles. The van der Waals surface area contributed by atoms with Crippen molar-refractivity contribution in [3.05, 3.63) is 72.8 Å². The first-order valence-electron chi connectivity index (χ1n) is 10.6. The third-order valence-electron chi connectivity index (χ3n) is 5.72. The number of hydrogen-bond donors (Lipinski definition) is 0. The highest BCUT2D eigenvalue weighted by molar-refractivity contribution is 5.99. The lowest BCUT2D eigenvalue weighted by Gasteiger charge is -2.37. The summed E-state index contributed by atoms with van der Waals surface area (Å²) in [4.78, 5) is 7.23. The van der Waals surface area contributed by atoms with Gasteiger partial charge in [0.2, 0.25) is 0 Å². The number of rotatable bonds is 8. The zero-order valence-electron chi connectivity index (χ0n) is 17.8. The van der Waals surface area contributed by atoms with Gasteiger partial charge in [-0.3, -0.25) is 9.91 Å². The molecule has 0 radical (unpaired) electrons. The summed E-state index contributed by atoms with van der Waals surface area (Å²) in [6.07, 6.45) is 1.94. The second-order valence-electron chi connectivity index (χ2n) is 7.67. The number of hydrazone groups is 1. The summed E-state index contributed by atoms with van der Waals surface area (Å²) in [6, 6.07) is 18.7. The summed E-state index contributed by atoms with van der Waals surface area (Å²) in [5.41, 5.74) is 2.35. The van der Waals surface area contributed by atoms with Crippen LogP contribution in [0.4, 0.5) is 5.69 Å². The van der Waals surface area contributed by atoms with Crippen LogP contribution in [-0.4, -0.2) is 80.2 Å². The second kappa shape index (κ2) is 9.67. The van der Waals surface area contributed by atoms with Crippen molar-refractivity contribution in [3.63, 3.8) is 0 Å². The molecule has 2 aliphatic rings. The van der Waals surface area contributed by atoms with Crippen LogP contribution in [0, 0.1) is 0 Å². The molecule has 158 valence electrons. The number of benzene rings is 2. The molecule has 6 heteroatoms. The van der Waals surface area contributed by atoms with Crippen molar-refractivity contribution >= 4 is 11.5 Å². The first-order chi connectivity index (χ1) is 14.8. The van der Waals surface area contributed by atoms with Gasteiger partial charge in [0.25, 0.3) is 0 Å². The van der Waals surface area contributed by atoms with Gasteiger partial charge in [-0.05, 0) is 12.1 Å². The third-order valence-corrected chi connectivity index (χ3v) is 5.72. The maximum absolute atomic E-state index is 5.53. The molecule has 0 aliphatic carbocycles. The highest BCUT2D eigenvalue weighted by atomic mass is 16.5. The number of methoxy groups -OCH3 is 1. The Morgan fingerprint density at radius 2 is 1.70 bits per heavy atom. The van der Waals surface area contributed by atoms with Crippen molar-refractivity contribution < 1.29 is 4.74 Å². The van der Waals surface area contributed by atoms with Crippen LogP contribution in [0.25, 0.3) is 0 Å². The lowest BCUT2D eigenvalue weighted by molar-refractivity contribution is 0.185. The van der Waals surface area contributed by atoms with Crippen LogP contribution in [0.3, 0.4) is 0 Å². The van der Waals surface area contributed by atoms with Gasteiger partial charge in [0.15, 0.2) is 5.84 Å². The van der Waals surface area contributed by atoms with E-state index in [4.69, 9.17) is 9.84 Å². The average molecular weight is 406 g/mol. The van der Waals surface area contributed by atoms with E-state index in [0.717, 1.165) is 69.6 Å². The van der Waals surface area contributed by atoms with Crippen LogP contribution in [0.2, 0.25) is 0 Å². The minimum Gasteiger partial charge on any atom is -0.495 e. The van der Waals surface area contributed by atoms with Gasteiger partial charge in [-0.1, -0.05) is 48.5 Å². The highest BCUT2D eigenvalue weighted by Crippen LogP contribution is 2.28. The fourth-order valence-corrected chi connectivity index (χ4v) is 4.10. The Morgan fingerprint density at radius 1 is 0.967 bits per heavy atom. The molecule has 0 atom stereocenters. The largest absolute Gasteiger partial charge is 0.495 e. The Labute approximate surface area is 179 Å². The van der Waals surface area contributed by atoms with Crippen LogP contribution in [0.15, 0.2) is 72.4 Å². The van der Waals surface area contributed by atoms with E-state index >= 15 is 0 Å². The molecule has 0 spiro atoms. The van der Waals surface area contributed by atoms with Crippen LogP contribution in [0.1, 0.15) is 5.56 Å². The summed E-state index contributed by atoms with van der Waals surface area (Å²) in [5, 5.41) is 7.08. The molecule has 1 saturated heterocycles. The van der Waals surface area contributed by atoms with Gasteiger partial charge in [-0.25, -0.2) is 0 Å².